The molecule has 2 aromatic rings. The summed E-state index contributed by atoms with van der Waals surface area (Å²) in [5, 5.41) is 19.6. The molecule has 1 fully saturated rings. The number of benzene rings is 1. The fraction of sp³-hybridized carbons (Fsp3) is 0.550. The lowest BCUT2D eigenvalue weighted by atomic mass is 9.99. The van der Waals surface area contributed by atoms with E-state index >= 15 is 0 Å². The van der Waals surface area contributed by atoms with Gasteiger partial charge in [0.05, 0.1) is 18.8 Å². The summed E-state index contributed by atoms with van der Waals surface area (Å²) in [7, 11) is 0. The fourth-order valence-corrected chi connectivity index (χ4v) is 4.23. The van der Waals surface area contributed by atoms with Crippen molar-refractivity contribution in [1.82, 2.24) is 18.9 Å². The van der Waals surface area contributed by atoms with Crippen LogP contribution < -0.4 is 5.69 Å². The van der Waals surface area contributed by atoms with Gasteiger partial charge in [-0.25, -0.2) is 4.79 Å². The molecule has 0 aliphatic carbocycles. The van der Waals surface area contributed by atoms with Crippen LogP contribution in [0.1, 0.15) is 23.2 Å². The van der Waals surface area contributed by atoms with Crippen LogP contribution in [0, 0.1) is 0 Å². The van der Waals surface area contributed by atoms with Crippen molar-refractivity contribution in [3.63, 3.8) is 0 Å². The third-order valence-electron chi connectivity index (χ3n) is 5.84. The van der Waals surface area contributed by atoms with E-state index in [-0.39, 0.29) is 18.2 Å². The van der Waals surface area contributed by atoms with Crippen LogP contribution in [-0.2, 0) is 19.5 Å². The third kappa shape index (κ3) is 3.67. The number of rotatable bonds is 6. The number of aromatic hydroxyl groups is 1. The summed E-state index contributed by atoms with van der Waals surface area (Å²) in [5.41, 5.74) is 2.97. The molecular weight excluding hydrogens is 344 g/mol. The molecule has 146 valence electrons. The van der Waals surface area contributed by atoms with Crippen molar-refractivity contribution >= 4 is 0 Å². The molecule has 2 aliphatic heterocycles. The number of aromatic nitrogens is 2. The summed E-state index contributed by atoms with van der Waals surface area (Å²) in [5.74, 6) is 0.127. The molecule has 3 heterocycles. The molecule has 2 N–H and O–H groups in total. The number of hydrogen-bond acceptors (Lipinski definition) is 5. The van der Waals surface area contributed by atoms with Gasteiger partial charge in [-0.2, -0.15) is 0 Å². The van der Waals surface area contributed by atoms with Crippen LogP contribution in [0.25, 0.3) is 0 Å². The van der Waals surface area contributed by atoms with Crippen molar-refractivity contribution < 1.29 is 10.2 Å². The van der Waals surface area contributed by atoms with Gasteiger partial charge in [0.15, 0.2) is 0 Å². The van der Waals surface area contributed by atoms with Crippen molar-refractivity contribution in [3.8, 4) is 5.88 Å². The molecule has 1 saturated heterocycles. The minimum absolute atomic E-state index is 0.107. The second kappa shape index (κ2) is 7.88. The van der Waals surface area contributed by atoms with E-state index < -0.39 is 0 Å². The van der Waals surface area contributed by atoms with Crippen LogP contribution >= 0.6 is 0 Å². The van der Waals surface area contributed by atoms with Gasteiger partial charge in [-0.3, -0.25) is 14.0 Å². The van der Waals surface area contributed by atoms with Gasteiger partial charge in [0.2, 0.25) is 5.88 Å². The summed E-state index contributed by atoms with van der Waals surface area (Å²) in [6.07, 6.45) is 1.45. The van der Waals surface area contributed by atoms with Gasteiger partial charge in [0, 0.05) is 45.7 Å². The molecule has 4 rings (SSSR count). The topological polar surface area (TPSA) is 73.9 Å². The largest absolute Gasteiger partial charge is 0.493 e. The number of aliphatic hydroxyl groups excluding tert-OH is 1. The number of aliphatic hydroxyl groups is 1. The summed E-state index contributed by atoms with van der Waals surface area (Å²) < 4.78 is 3.24. The predicted octanol–water partition coefficient (Wildman–Crippen LogP) is 0.308. The lowest BCUT2D eigenvalue weighted by Gasteiger charge is -2.34. The van der Waals surface area contributed by atoms with E-state index in [1.165, 1.54) is 10.1 Å². The van der Waals surface area contributed by atoms with Gasteiger partial charge in [-0.05, 0) is 24.1 Å². The molecule has 7 nitrogen and oxygen atoms in total. The van der Waals surface area contributed by atoms with Crippen LogP contribution in [0.2, 0.25) is 0 Å². The summed E-state index contributed by atoms with van der Waals surface area (Å²) in [6.45, 7) is 6.89. The summed E-state index contributed by atoms with van der Waals surface area (Å²) in [6, 6.07) is 8.11. The first kappa shape index (κ1) is 18.3. The first-order valence-electron chi connectivity index (χ1n) is 9.81. The Morgan fingerprint density at radius 1 is 0.926 bits per heavy atom. The molecule has 1 aromatic carbocycles. The van der Waals surface area contributed by atoms with Gasteiger partial charge in [0.25, 0.3) is 0 Å². The number of nitrogens with zero attached hydrogens (tertiary/aromatic N) is 4. The molecule has 0 atom stereocenters. The molecule has 0 unspecified atom stereocenters. The molecule has 0 radical (unpaired) electrons. The minimum Gasteiger partial charge on any atom is -0.493 e. The number of fused-ring (bicyclic) bond motifs is 2. The molecule has 1 aromatic heterocycles. The van der Waals surface area contributed by atoms with Gasteiger partial charge < -0.3 is 15.1 Å². The zero-order valence-electron chi connectivity index (χ0n) is 15.7. The van der Waals surface area contributed by atoms with Gasteiger partial charge in [-0.1, -0.05) is 24.3 Å². The van der Waals surface area contributed by atoms with Crippen molar-refractivity contribution in [2.45, 2.75) is 25.9 Å². The Morgan fingerprint density at radius 2 is 1.59 bits per heavy atom. The van der Waals surface area contributed by atoms with Crippen LogP contribution in [0.4, 0.5) is 0 Å². The number of β-amino-alcohol motifs (C(OH)–C–C–N with tert-alkyl or cyclic N) is 1. The second-order valence-electron chi connectivity index (χ2n) is 7.50. The van der Waals surface area contributed by atoms with Crippen molar-refractivity contribution in [2.24, 2.45) is 0 Å². The first-order chi connectivity index (χ1) is 13.2. The average molecular weight is 372 g/mol. The van der Waals surface area contributed by atoms with Gasteiger partial charge in [-0.15, -0.1) is 0 Å². The van der Waals surface area contributed by atoms with E-state index in [9.17, 15) is 9.90 Å². The Labute approximate surface area is 159 Å². The van der Waals surface area contributed by atoms with E-state index in [1.807, 2.05) is 12.1 Å². The number of hydrogen-bond donors (Lipinski definition) is 2. The highest BCUT2D eigenvalue weighted by molar-refractivity contribution is 5.38. The van der Waals surface area contributed by atoms with Crippen molar-refractivity contribution in [1.29, 1.82) is 0 Å². The van der Waals surface area contributed by atoms with E-state index in [2.05, 4.69) is 21.9 Å². The first-order valence-corrected chi connectivity index (χ1v) is 9.81. The van der Waals surface area contributed by atoms with Crippen LogP contribution in [0.15, 0.2) is 29.1 Å². The zero-order chi connectivity index (χ0) is 18.8. The molecule has 0 amide bonds. The lowest BCUT2D eigenvalue weighted by Crippen LogP contribution is -2.47. The van der Waals surface area contributed by atoms with E-state index in [4.69, 9.17) is 5.11 Å². The highest BCUT2D eigenvalue weighted by Crippen LogP contribution is 2.27. The van der Waals surface area contributed by atoms with Gasteiger partial charge >= 0.3 is 5.69 Å². The summed E-state index contributed by atoms with van der Waals surface area (Å²) >= 11 is 0. The summed E-state index contributed by atoms with van der Waals surface area (Å²) in [4.78, 5) is 17.4. The van der Waals surface area contributed by atoms with Crippen molar-refractivity contribution in [3.05, 3.63) is 51.6 Å². The molecule has 0 bridgehead atoms. The van der Waals surface area contributed by atoms with Crippen LogP contribution in [0.3, 0.4) is 0 Å². The zero-order valence-corrected chi connectivity index (χ0v) is 15.7. The molecule has 0 spiro atoms. The van der Waals surface area contributed by atoms with Crippen molar-refractivity contribution in [2.75, 3.05) is 45.9 Å². The smallest absolute Gasteiger partial charge is 0.331 e. The monoisotopic (exact) mass is 372 g/mol. The normalized spacial score (nSPS) is 17.7. The molecule has 7 heteroatoms. The van der Waals surface area contributed by atoms with E-state index in [0.717, 1.165) is 56.9 Å². The lowest BCUT2D eigenvalue weighted by molar-refractivity contribution is 0.111. The average Bonchev–Trinajstić information content (AvgIpc) is 2.92. The molecule has 27 heavy (non-hydrogen) atoms. The fourth-order valence-electron chi connectivity index (χ4n) is 4.23. The third-order valence-corrected chi connectivity index (χ3v) is 5.84. The van der Waals surface area contributed by atoms with E-state index in [1.54, 1.807) is 4.57 Å². The maximum atomic E-state index is 12.8. The van der Waals surface area contributed by atoms with Gasteiger partial charge in [0.1, 0.15) is 0 Å². The minimum atomic E-state index is -0.107. The number of imidazole rings is 1. The Balaban J connectivity index is 1.37. The Bertz CT molecular complexity index is 849. The SMILES string of the molecule is O=c1n(CCCN2CCN(CCO)CC2)c(O)c2n1Cc1ccccc1C2. The maximum Gasteiger partial charge on any atom is 0.331 e. The number of piperazine rings is 1. The maximum absolute atomic E-state index is 12.8. The Morgan fingerprint density at radius 3 is 2.30 bits per heavy atom. The highest BCUT2D eigenvalue weighted by Gasteiger charge is 2.24. The van der Waals surface area contributed by atoms with Crippen LogP contribution in [0.5, 0.6) is 5.88 Å². The quantitative estimate of drug-likeness (QED) is 0.651. The predicted molar refractivity (Wildman–Crippen MR) is 103 cm³/mol. The van der Waals surface area contributed by atoms with E-state index in [0.29, 0.717) is 19.5 Å². The highest BCUT2D eigenvalue weighted by atomic mass is 16.3. The standard InChI is InChI=1S/C20H28N4O3/c25-13-12-22-10-8-21(9-11-22)6-3-7-23-19(26)18-14-16-4-1-2-5-17(16)15-24(18)20(23)27/h1-2,4-5,25-26H,3,6-15H2. The molecular formula is C20H28N4O3. The molecule has 2 aliphatic rings. The Kier molecular flexibility index (Phi) is 5.33. The molecule has 0 saturated carbocycles. The second-order valence-corrected chi connectivity index (χ2v) is 7.50. The Hall–Kier alpha value is -2.09. The van der Waals surface area contributed by atoms with Crippen LogP contribution in [-0.4, -0.2) is 75.0 Å².